The molecular formula is C18H13Cl2N5O. The molecule has 2 aromatic carbocycles. The van der Waals surface area contributed by atoms with Crippen molar-refractivity contribution in [1.29, 1.82) is 0 Å². The summed E-state index contributed by atoms with van der Waals surface area (Å²) in [5, 5.41) is 8.08. The van der Waals surface area contributed by atoms with Crippen LogP contribution in [0.3, 0.4) is 0 Å². The molecule has 4 rings (SSSR count). The van der Waals surface area contributed by atoms with Crippen LogP contribution in [-0.4, -0.2) is 25.7 Å². The molecule has 0 spiro atoms. The predicted molar refractivity (Wildman–Crippen MR) is 101 cm³/mol. The average molecular weight is 386 g/mol. The highest BCUT2D eigenvalue weighted by molar-refractivity contribution is 6.34. The molecule has 0 atom stereocenters. The van der Waals surface area contributed by atoms with E-state index < -0.39 is 0 Å². The average Bonchev–Trinajstić information content (AvgIpc) is 3.25. The number of fused-ring (bicyclic) bond motifs is 1. The Bertz CT molecular complexity index is 1050. The number of benzene rings is 2. The molecule has 2 heterocycles. The van der Waals surface area contributed by atoms with Crippen molar-refractivity contribution in [2.24, 2.45) is 0 Å². The van der Waals surface area contributed by atoms with Gasteiger partial charge in [-0.1, -0.05) is 35.3 Å². The lowest BCUT2D eigenvalue weighted by atomic mass is 10.2. The number of nitrogens with one attached hydrogen (secondary N) is 2. The molecule has 1 amide bonds. The molecule has 0 aliphatic rings. The summed E-state index contributed by atoms with van der Waals surface area (Å²) < 4.78 is 1.53. The first-order valence-electron chi connectivity index (χ1n) is 7.81. The van der Waals surface area contributed by atoms with E-state index in [2.05, 4.69) is 20.4 Å². The van der Waals surface area contributed by atoms with Crippen molar-refractivity contribution in [3.05, 3.63) is 76.0 Å². The molecule has 0 fully saturated rings. The first kappa shape index (κ1) is 16.6. The van der Waals surface area contributed by atoms with Crippen LogP contribution < -0.4 is 5.32 Å². The van der Waals surface area contributed by atoms with E-state index in [1.54, 1.807) is 24.4 Å². The van der Waals surface area contributed by atoms with Gasteiger partial charge in [-0.15, -0.1) is 0 Å². The van der Waals surface area contributed by atoms with Gasteiger partial charge in [-0.05, 0) is 35.9 Å². The molecule has 0 saturated carbocycles. The minimum atomic E-state index is -0.247. The van der Waals surface area contributed by atoms with Gasteiger partial charge in [0.1, 0.15) is 0 Å². The number of imidazole rings is 1. The normalized spacial score (nSPS) is 11.0. The monoisotopic (exact) mass is 385 g/mol. The van der Waals surface area contributed by atoms with Crippen LogP contribution in [-0.2, 0) is 6.54 Å². The Morgan fingerprint density at radius 3 is 2.69 bits per heavy atom. The van der Waals surface area contributed by atoms with Gasteiger partial charge in [0, 0.05) is 22.8 Å². The van der Waals surface area contributed by atoms with Crippen molar-refractivity contribution in [2.45, 2.75) is 6.54 Å². The minimum Gasteiger partial charge on any atom is -0.348 e. The molecule has 0 radical (unpaired) electrons. The predicted octanol–water partition coefficient (Wildman–Crippen LogP) is 3.99. The Morgan fingerprint density at radius 1 is 1.15 bits per heavy atom. The molecule has 0 bridgehead atoms. The molecule has 8 heteroatoms. The number of hydrogen-bond donors (Lipinski definition) is 2. The third-order valence-electron chi connectivity index (χ3n) is 3.81. The maximum absolute atomic E-state index is 12.3. The summed E-state index contributed by atoms with van der Waals surface area (Å²) in [7, 11) is 0. The number of carbonyl (C=O) groups is 1. The van der Waals surface area contributed by atoms with Crippen molar-refractivity contribution in [3.63, 3.8) is 0 Å². The van der Waals surface area contributed by atoms with Crippen LogP contribution in [0, 0.1) is 0 Å². The van der Waals surface area contributed by atoms with Gasteiger partial charge in [0.05, 0.1) is 22.8 Å². The van der Waals surface area contributed by atoms with Crippen LogP contribution >= 0.6 is 23.2 Å². The Labute approximate surface area is 158 Å². The van der Waals surface area contributed by atoms with E-state index in [1.807, 2.05) is 24.3 Å². The van der Waals surface area contributed by atoms with Crippen LogP contribution in [0.15, 0.2) is 54.9 Å². The Balaban J connectivity index is 1.49. The van der Waals surface area contributed by atoms with Gasteiger partial charge >= 0.3 is 0 Å². The quantitative estimate of drug-likeness (QED) is 0.557. The molecule has 2 aromatic heterocycles. The van der Waals surface area contributed by atoms with Gasteiger partial charge < -0.3 is 10.3 Å². The van der Waals surface area contributed by atoms with E-state index in [1.165, 1.54) is 10.9 Å². The molecule has 0 aliphatic heterocycles. The van der Waals surface area contributed by atoms with E-state index in [0.29, 0.717) is 28.1 Å². The standard InChI is InChI=1S/C18H13Cl2N5O/c19-13-5-11(6-14(20)7-13)8-21-17(26)12-9-22-25(10-12)18-23-15-3-1-2-4-16(15)24-18/h1-7,9-10H,8H2,(H,21,26)(H,23,24). The third kappa shape index (κ3) is 3.42. The lowest BCUT2D eigenvalue weighted by Crippen LogP contribution is -2.22. The smallest absolute Gasteiger partial charge is 0.254 e. The summed E-state index contributed by atoms with van der Waals surface area (Å²) >= 11 is 11.9. The number of amides is 1. The number of carbonyl (C=O) groups excluding carboxylic acids is 1. The zero-order chi connectivity index (χ0) is 18.1. The number of halogens is 2. The fourth-order valence-corrected chi connectivity index (χ4v) is 3.17. The molecule has 130 valence electrons. The van der Waals surface area contributed by atoms with E-state index in [9.17, 15) is 4.79 Å². The molecule has 26 heavy (non-hydrogen) atoms. The van der Waals surface area contributed by atoms with Crippen LogP contribution in [0.4, 0.5) is 0 Å². The molecule has 0 saturated heterocycles. The first-order chi connectivity index (χ1) is 12.6. The molecule has 2 N–H and O–H groups in total. The van der Waals surface area contributed by atoms with Crippen molar-refractivity contribution in [3.8, 4) is 5.95 Å². The van der Waals surface area contributed by atoms with Crippen molar-refractivity contribution in [1.82, 2.24) is 25.1 Å². The van der Waals surface area contributed by atoms with Crippen LogP contribution in [0.5, 0.6) is 0 Å². The van der Waals surface area contributed by atoms with Gasteiger partial charge in [-0.2, -0.15) is 5.10 Å². The second-order valence-electron chi connectivity index (χ2n) is 5.71. The summed E-state index contributed by atoms with van der Waals surface area (Å²) in [6.07, 6.45) is 3.12. The largest absolute Gasteiger partial charge is 0.348 e. The van der Waals surface area contributed by atoms with Crippen LogP contribution in [0.25, 0.3) is 17.0 Å². The molecule has 4 aromatic rings. The highest BCUT2D eigenvalue weighted by atomic mass is 35.5. The molecule has 6 nitrogen and oxygen atoms in total. The topological polar surface area (TPSA) is 75.6 Å². The summed E-state index contributed by atoms with van der Waals surface area (Å²) in [4.78, 5) is 20.0. The van der Waals surface area contributed by atoms with E-state index in [-0.39, 0.29) is 5.91 Å². The summed E-state index contributed by atoms with van der Waals surface area (Å²) in [5.41, 5.74) is 2.99. The van der Waals surface area contributed by atoms with E-state index in [0.717, 1.165) is 16.6 Å². The fraction of sp³-hybridized carbons (Fsp3) is 0.0556. The number of hydrogen-bond acceptors (Lipinski definition) is 3. The number of aromatic nitrogens is 4. The van der Waals surface area contributed by atoms with Crippen molar-refractivity contribution < 1.29 is 4.79 Å². The minimum absolute atomic E-state index is 0.247. The highest BCUT2D eigenvalue weighted by Crippen LogP contribution is 2.19. The van der Waals surface area contributed by atoms with Gasteiger partial charge in [-0.25, -0.2) is 9.67 Å². The van der Waals surface area contributed by atoms with Crippen LogP contribution in [0.2, 0.25) is 10.0 Å². The van der Waals surface area contributed by atoms with Gasteiger partial charge in [0.25, 0.3) is 5.91 Å². The molecule has 0 unspecified atom stereocenters. The van der Waals surface area contributed by atoms with E-state index in [4.69, 9.17) is 23.2 Å². The molecule has 0 aliphatic carbocycles. The van der Waals surface area contributed by atoms with Gasteiger partial charge in [0.15, 0.2) is 0 Å². The first-order valence-corrected chi connectivity index (χ1v) is 8.57. The van der Waals surface area contributed by atoms with Crippen LogP contribution in [0.1, 0.15) is 15.9 Å². The summed E-state index contributed by atoms with van der Waals surface area (Å²) in [6.45, 7) is 0.314. The Morgan fingerprint density at radius 2 is 1.92 bits per heavy atom. The fourth-order valence-electron chi connectivity index (χ4n) is 2.60. The highest BCUT2D eigenvalue weighted by Gasteiger charge is 2.11. The number of para-hydroxylation sites is 2. The third-order valence-corrected chi connectivity index (χ3v) is 4.25. The van der Waals surface area contributed by atoms with Gasteiger partial charge in [-0.3, -0.25) is 4.79 Å². The lowest BCUT2D eigenvalue weighted by molar-refractivity contribution is 0.0951. The Hall–Kier alpha value is -2.83. The Kier molecular flexibility index (Phi) is 4.36. The number of H-pyrrole nitrogens is 1. The van der Waals surface area contributed by atoms with Crippen molar-refractivity contribution >= 4 is 40.1 Å². The number of nitrogens with zero attached hydrogens (tertiary/aromatic N) is 3. The maximum atomic E-state index is 12.3. The second-order valence-corrected chi connectivity index (χ2v) is 6.58. The number of rotatable bonds is 4. The van der Waals surface area contributed by atoms with Gasteiger partial charge in [0.2, 0.25) is 5.95 Å². The van der Waals surface area contributed by atoms with Crippen molar-refractivity contribution in [2.75, 3.05) is 0 Å². The van der Waals surface area contributed by atoms with E-state index >= 15 is 0 Å². The molecular weight excluding hydrogens is 373 g/mol. The zero-order valence-electron chi connectivity index (χ0n) is 13.4. The summed E-state index contributed by atoms with van der Waals surface area (Å²) in [6, 6.07) is 12.8. The lowest BCUT2D eigenvalue weighted by Gasteiger charge is -2.05. The number of aromatic amines is 1. The maximum Gasteiger partial charge on any atom is 0.254 e. The second kappa shape index (κ2) is 6.82. The zero-order valence-corrected chi connectivity index (χ0v) is 14.9. The summed E-state index contributed by atoms with van der Waals surface area (Å²) in [5.74, 6) is 0.301. The SMILES string of the molecule is O=C(NCc1cc(Cl)cc(Cl)c1)c1cnn(-c2nc3ccccc3[nH]2)c1.